The van der Waals surface area contributed by atoms with Gasteiger partial charge in [0.25, 0.3) is 0 Å². The smallest absolute Gasteiger partial charge is 0.342 e. The lowest BCUT2D eigenvalue weighted by Crippen LogP contribution is -2.31. The van der Waals surface area contributed by atoms with E-state index in [1.54, 1.807) is 6.92 Å². The van der Waals surface area contributed by atoms with Gasteiger partial charge in [-0.05, 0) is 4.92 Å². The molecule has 18 heavy (non-hydrogen) atoms. The minimum atomic E-state index is -0.718. The zero-order valence-electron chi connectivity index (χ0n) is 9.87. The summed E-state index contributed by atoms with van der Waals surface area (Å²) in [6.07, 6.45) is 0.471. The maximum absolute atomic E-state index is 10.7. The summed E-state index contributed by atoms with van der Waals surface area (Å²) in [4.78, 5) is 14.0. The molecule has 0 spiro atoms. The number of hydrogen-bond donors (Lipinski definition) is 2. The summed E-state index contributed by atoms with van der Waals surface area (Å²) < 4.78 is 1.38. The molecule has 9 heteroatoms. The highest BCUT2D eigenvalue weighted by molar-refractivity contribution is 6.18. The van der Waals surface area contributed by atoms with Crippen molar-refractivity contribution >= 4 is 29.8 Å². The molecule has 0 radical (unpaired) electrons. The van der Waals surface area contributed by atoms with E-state index in [0.29, 0.717) is 24.8 Å². The second-order valence-corrected chi connectivity index (χ2v) is 3.96. The third-order valence-corrected chi connectivity index (χ3v) is 2.45. The third-order valence-electron chi connectivity index (χ3n) is 2.27. The number of halogens is 2. The van der Waals surface area contributed by atoms with Crippen LogP contribution in [0.4, 0.5) is 5.82 Å². The Morgan fingerprint density at radius 1 is 1.72 bits per heavy atom. The number of hydrogen-bond acceptors (Lipinski definition) is 5. The van der Waals surface area contributed by atoms with Crippen molar-refractivity contribution in [1.29, 1.82) is 0 Å². The van der Waals surface area contributed by atoms with Gasteiger partial charge < -0.3 is 20.5 Å². The first kappa shape index (κ1) is 17.1. The summed E-state index contributed by atoms with van der Waals surface area (Å²) in [7, 11) is 0. The minimum absolute atomic E-state index is 0. The van der Waals surface area contributed by atoms with Gasteiger partial charge in [0.15, 0.2) is 5.82 Å². The molecule has 0 aliphatic carbocycles. The van der Waals surface area contributed by atoms with Crippen molar-refractivity contribution < 1.29 is 10.0 Å². The summed E-state index contributed by atoms with van der Waals surface area (Å²) in [6, 6.07) is 0. The molecule has 1 atom stereocenters. The molecule has 1 rings (SSSR count). The molecule has 0 fully saturated rings. The fourth-order valence-electron chi connectivity index (χ4n) is 1.44. The van der Waals surface area contributed by atoms with Gasteiger partial charge in [-0.1, -0.05) is 0 Å². The molecular weight excluding hydrogens is 283 g/mol. The van der Waals surface area contributed by atoms with Crippen molar-refractivity contribution in [3.05, 3.63) is 22.1 Å². The molecule has 0 bridgehead atoms. The first-order valence-electron chi connectivity index (χ1n) is 5.17. The lowest BCUT2D eigenvalue weighted by Gasteiger charge is -2.10. The molecule has 1 aromatic heterocycles. The summed E-state index contributed by atoms with van der Waals surface area (Å²) in [5.41, 5.74) is 0. The number of nitro groups is 1. The first-order chi connectivity index (χ1) is 8.06. The number of aliphatic hydroxyl groups excluding tert-OH is 1. The van der Waals surface area contributed by atoms with Gasteiger partial charge in [-0.2, -0.15) is 0 Å². The van der Waals surface area contributed by atoms with Gasteiger partial charge in [0, 0.05) is 25.9 Å². The van der Waals surface area contributed by atoms with Gasteiger partial charge in [0.2, 0.25) is 0 Å². The largest absolute Gasteiger partial charge is 0.388 e. The average molecular weight is 299 g/mol. The van der Waals surface area contributed by atoms with Gasteiger partial charge in [-0.3, -0.25) is 0 Å². The van der Waals surface area contributed by atoms with Crippen LogP contribution < -0.4 is 5.32 Å². The Hall–Kier alpha value is -0.890. The summed E-state index contributed by atoms with van der Waals surface area (Å²) in [6.45, 7) is 2.72. The first-order valence-corrected chi connectivity index (χ1v) is 5.71. The average Bonchev–Trinajstić information content (AvgIpc) is 2.61. The quantitative estimate of drug-likeness (QED) is 0.335. The summed E-state index contributed by atoms with van der Waals surface area (Å²) in [5, 5.41) is 23.3. The standard InChI is InChI=1S/C9H15ClN4O3.ClH/c1-7-12-5-9(14(16)17)13(7)6-8(15)4-11-3-2-10;/h5,8,11,15H,2-4,6H2,1H3;1H. The molecule has 2 N–H and O–H groups in total. The Kier molecular flexibility index (Phi) is 7.85. The molecule has 0 saturated heterocycles. The topological polar surface area (TPSA) is 93.2 Å². The van der Waals surface area contributed by atoms with Crippen molar-refractivity contribution in [2.24, 2.45) is 0 Å². The molecule has 0 aliphatic heterocycles. The van der Waals surface area contributed by atoms with Crippen LogP contribution in [-0.4, -0.2) is 44.7 Å². The fourth-order valence-corrected chi connectivity index (χ4v) is 1.57. The zero-order valence-corrected chi connectivity index (χ0v) is 11.4. The molecule has 1 unspecified atom stereocenters. The molecule has 7 nitrogen and oxygen atoms in total. The van der Waals surface area contributed by atoms with E-state index in [9.17, 15) is 15.2 Å². The highest BCUT2D eigenvalue weighted by atomic mass is 35.5. The monoisotopic (exact) mass is 298 g/mol. The number of aryl methyl sites for hydroxylation is 1. The third kappa shape index (κ3) is 4.77. The number of nitrogens with one attached hydrogen (secondary N) is 1. The lowest BCUT2D eigenvalue weighted by molar-refractivity contribution is -0.392. The van der Waals surface area contributed by atoms with E-state index in [-0.39, 0.29) is 24.8 Å². The predicted molar refractivity (Wildman–Crippen MR) is 70.5 cm³/mol. The van der Waals surface area contributed by atoms with Crippen LogP contribution in [0.5, 0.6) is 0 Å². The Labute approximate surface area is 116 Å². The van der Waals surface area contributed by atoms with Gasteiger partial charge in [-0.15, -0.1) is 24.0 Å². The highest BCUT2D eigenvalue weighted by Gasteiger charge is 2.20. The lowest BCUT2D eigenvalue weighted by atomic mass is 10.3. The SMILES string of the molecule is Cc1ncc([N+](=O)[O-])n1CC(O)CNCCCl.Cl. The molecule has 1 aromatic rings. The molecule has 1 heterocycles. The normalized spacial score (nSPS) is 11.9. The van der Waals surface area contributed by atoms with E-state index in [4.69, 9.17) is 11.6 Å². The maximum atomic E-state index is 10.7. The second kappa shape index (κ2) is 8.25. The van der Waals surface area contributed by atoms with Crippen molar-refractivity contribution in [3.63, 3.8) is 0 Å². The van der Waals surface area contributed by atoms with Crippen molar-refractivity contribution in [2.45, 2.75) is 19.6 Å². The van der Waals surface area contributed by atoms with Crippen LogP contribution in [-0.2, 0) is 6.54 Å². The van der Waals surface area contributed by atoms with Gasteiger partial charge in [0.05, 0.1) is 0 Å². The van der Waals surface area contributed by atoms with E-state index in [1.165, 1.54) is 10.8 Å². The molecule has 0 saturated carbocycles. The second-order valence-electron chi connectivity index (χ2n) is 3.58. The van der Waals surface area contributed by atoms with Crippen molar-refractivity contribution in [3.8, 4) is 0 Å². The number of nitrogens with zero attached hydrogens (tertiary/aromatic N) is 3. The molecule has 104 valence electrons. The van der Waals surface area contributed by atoms with Crippen molar-refractivity contribution in [1.82, 2.24) is 14.9 Å². The number of imidazole rings is 1. The number of aromatic nitrogens is 2. The van der Waals surface area contributed by atoms with Crippen molar-refractivity contribution in [2.75, 3.05) is 19.0 Å². The Morgan fingerprint density at radius 3 is 2.94 bits per heavy atom. The number of aliphatic hydroxyl groups is 1. The number of alkyl halides is 1. The van der Waals surface area contributed by atoms with Gasteiger partial charge in [0.1, 0.15) is 18.8 Å². The van der Waals surface area contributed by atoms with E-state index in [0.717, 1.165) is 0 Å². The van der Waals surface area contributed by atoms with Crippen LogP contribution in [0, 0.1) is 17.0 Å². The van der Waals surface area contributed by atoms with Crippen LogP contribution >= 0.6 is 24.0 Å². The van der Waals surface area contributed by atoms with Gasteiger partial charge in [-0.25, -0.2) is 9.55 Å². The van der Waals surface area contributed by atoms with Crippen LogP contribution in [0.3, 0.4) is 0 Å². The predicted octanol–water partition coefficient (Wildman–Crippen LogP) is 0.711. The molecule has 0 aliphatic rings. The maximum Gasteiger partial charge on any atom is 0.342 e. The highest BCUT2D eigenvalue weighted by Crippen LogP contribution is 2.13. The van der Waals surface area contributed by atoms with E-state index < -0.39 is 11.0 Å². The van der Waals surface area contributed by atoms with Crippen LogP contribution in [0.25, 0.3) is 0 Å². The fraction of sp³-hybridized carbons (Fsp3) is 0.667. The summed E-state index contributed by atoms with van der Waals surface area (Å²) in [5.74, 6) is 0.851. The number of rotatable bonds is 7. The van der Waals surface area contributed by atoms with E-state index in [2.05, 4.69) is 10.3 Å². The zero-order chi connectivity index (χ0) is 12.8. The molecule has 0 amide bonds. The van der Waals surface area contributed by atoms with Crippen LogP contribution in [0.2, 0.25) is 0 Å². The van der Waals surface area contributed by atoms with E-state index >= 15 is 0 Å². The van der Waals surface area contributed by atoms with Gasteiger partial charge >= 0.3 is 5.82 Å². The molecular formula is C9H16Cl2N4O3. The molecule has 0 aromatic carbocycles. The minimum Gasteiger partial charge on any atom is -0.388 e. The van der Waals surface area contributed by atoms with Crippen LogP contribution in [0.1, 0.15) is 5.82 Å². The Morgan fingerprint density at radius 2 is 2.39 bits per heavy atom. The van der Waals surface area contributed by atoms with E-state index in [1.807, 2.05) is 0 Å². The summed E-state index contributed by atoms with van der Waals surface area (Å²) >= 11 is 5.47. The van der Waals surface area contributed by atoms with Crippen LogP contribution in [0.15, 0.2) is 6.20 Å². The Bertz CT molecular complexity index is 386. The Balaban J connectivity index is 0.00000289.